The quantitative estimate of drug-likeness (QED) is 0.820. The molecule has 0 unspecified atom stereocenters. The van der Waals surface area contributed by atoms with Crippen molar-refractivity contribution in [2.45, 2.75) is 43.9 Å². The van der Waals surface area contributed by atoms with Crippen LogP contribution in [0.25, 0.3) is 0 Å². The number of aliphatic carboxylic acids is 1. The molecule has 2 saturated carbocycles. The van der Waals surface area contributed by atoms with Gasteiger partial charge in [0.25, 0.3) is 0 Å². The minimum Gasteiger partial charge on any atom is -0.481 e. The summed E-state index contributed by atoms with van der Waals surface area (Å²) in [5.74, 6) is 1.70. The summed E-state index contributed by atoms with van der Waals surface area (Å²) in [6.45, 7) is 0. The molecular formula is C11H13NO3. The van der Waals surface area contributed by atoms with Crippen molar-refractivity contribution in [2.24, 2.45) is 0 Å². The SMILES string of the molecule is O=C(O)Cc1nc(C2CC2)oc1C1CC1. The lowest BCUT2D eigenvalue weighted by Gasteiger charge is -1.93. The van der Waals surface area contributed by atoms with Crippen molar-refractivity contribution in [2.75, 3.05) is 0 Å². The van der Waals surface area contributed by atoms with Gasteiger partial charge in [-0.1, -0.05) is 0 Å². The molecule has 80 valence electrons. The summed E-state index contributed by atoms with van der Waals surface area (Å²) in [4.78, 5) is 15.0. The van der Waals surface area contributed by atoms with Crippen LogP contribution in [0.4, 0.5) is 0 Å². The third-order valence-electron chi connectivity index (χ3n) is 2.94. The first-order valence-electron chi connectivity index (χ1n) is 5.45. The smallest absolute Gasteiger partial charge is 0.309 e. The molecule has 4 nitrogen and oxygen atoms in total. The Bertz CT molecular complexity index is 402. The second-order valence-electron chi connectivity index (χ2n) is 4.48. The molecule has 1 aromatic rings. The highest BCUT2D eigenvalue weighted by atomic mass is 16.4. The number of carboxylic acids is 1. The monoisotopic (exact) mass is 207 g/mol. The zero-order chi connectivity index (χ0) is 10.4. The Morgan fingerprint density at radius 3 is 2.53 bits per heavy atom. The van der Waals surface area contributed by atoms with E-state index in [4.69, 9.17) is 9.52 Å². The molecule has 0 aromatic carbocycles. The number of nitrogens with zero attached hydrogens (tertiary/aromatic N) is 1. The van der Waals surface area contributed by atoms with Gasteiger partial charge in [-0.3, -0.25) is 4.79 Å². The molecule has 1 N–H and O–H groups in total. The Kier molecular flexibility index (Phi) is 1.84. The number of carbonyl (C=O) groups is 1. The molecule has 2 aliphatic carbocycles. The lowest BCUT2D eigenvalue weighted by atomic mass is 10.2. The Morgan fingerprint density at radius 1 is 1.33 bits per heavy atom. The fraction of sp³-hybridized carbons (Fsp3) is 0.636. The molecule has 4 heteroatoms. The highest BCUT2D eigenvalue weighted by Gasteiger charge is 2.35. The standard InChI is InChI=1S/C11H13NO3/c13-9(14)5-8-10(6-1-2-6)15-11(12-8)7-3-4-7/h6-7H,1-5H2,(H,13,14). The van der Waals surface area contributed by atoms with Gasteiger partial charge >= 0.3 is 5.97 Å². The molecule has 0 spiro atoms. The van der Waals surface area contributed by atoms with Gasteiger partial charge in [0.15, 0.2) is 5.89 Å². The number of carboxylic acid groups (broad SMARTS) is 1. The van der Waals surface area contributed by atoms with E-state index in [1.165, 1.54) is 0 Å². The van der Waals surface area contributed by atoms with Crippen molar-refractivity contribution >= 4 is 5.97 Å². The molecule has 0 radical (unpaired) electrons. The summed E-state index contributed by atoms with van der Waals surface area (Å²) in [6.07, 6.45) is 4.51. The lowest BCUT2D eigenvalue weighted by Crippen LogP contribution is -2.02. The van der Waals surface area contributed by atoms with Crippen LogP contribution in [0.3, 0.4) is 0 Å². The van der Waals surface area contributed by atoms with Crippen LogP contribution in [0.15, 0.2) is 4.42 Å². The number of hydrogen-bond donors (Lipinski definition) is 1. The van der Waals surface area contributed by atoms with Crippen LogP contribution in [-0.4, -0.2) is 16.1 Å². The Balaban J connectivity index is 1.90. The Morgan fingerprint density at radius 2 is 2.00 bits per heavy atom. The van der Waals surface area contributed by atoms with E-state index in [0.717, 1.165) is 37.3 Å². The zero-order valence-electron chi connectivity index (χ0n) is 8.40. The van der Waals surface area contributed by atoms with Crippen LogP contribution in [-0.2, 0) is 11.2 Å². The fourth-order valence-electron chi connectivity index (χ4n) is 1.82. The summed E-state index contributed by atoms with van der Waals surface area (Å²) in [7, 11) is 0. The van der Waals surface area contributed by atoms with E-state index in [0.29, 0.717) is 17.5 Å². The molecule has 15 heavy (non-hydrogen) atoms. The molecule has 0 amide bonds. The molecule has 0 aliphatic heterocycles. The Hall–Kier alpha value is -1.32. The van der Waals surface area contributed by atoms with Gasteiger partial charge in [0.2, 0.25) is 0 Å². The average Bonchev–Trinajstić information content (AvgIpc) is 3.06. The highest BCUT2D eigenvalue weighted by Crippen LogP contribution is 2.46. The van der Waals surface area contributed by atoms with Crippen molar-refractivity contribution in [1.29, 1.82) is 0 Å². The van der Waals surface area contributed by atoms with Gasteiger partial charge in [0.1, 0.15) is 5.76 Å². The topological polar surface area (TPSA) is 63.3 Å². The van der Waals surface area contributed by atoms with E-state index in [9.17, 15) is 4.79 Å². The summed E-state index contributed by atoms with van der Waals surface area (Å²) in [5.41, 5.74) is 0.659. The molecule has 0 atom stereocenters. The van der Waals surface area contributed by atoms with Gasteiger partial charge in [0, 0.05) is 11.8 Å². The average molecular weight is 207 g/mol. The lowest BCUT2D eigenvalue weighted by molar-refractivity contribution is -0.136. The maximum atomic E-state index is 10.7. The first-order chi connectivity index (χ1) is 7.24. The van der Waals surface area contributed by atoms with Crippen molar-refractivity contribution in [1.82, 2.24) is 4.98 Å². The minimum absolute atomic E-state index is 0.00204. The van der Waals surface area contributed by atoms with Crippen molar-refractivity contribution in [3.05, 3.63) is 17.3 Å². The first kappa shape index (κ1) is 8.95. The van der Waals surface area contributed by atoms with Crippen molar-refractivity contribution < 1.29 is 14.3 Å². The van der Waals surface area contributed by atoms with Crippen LogP contribution in [0.2, 0.25) is 0 Å². The van der Waals surface area contributed by atoms with Gasteiger partial charge in [-0.15, -0.1) is 0 Å². The minimum atomic E-state index is -0.826. The van der Waals surface area contributed by atoms with E-state index in [1.807, 2.05) is 0 Å². The maximum absolute atomic E-state index is 10.7. The maximum Gasteiger partial charge on any atom is 0.309 e. The van der Waals surface area contributed by atoms with Gasteiger partial charge in [-0.2, -0.15) is 0 Å². The van der Waals surface area contributed by atoms with Crippen LogP contribution in [0, 0.1) is 0 Å². The third kappa shape index (κ3) is 1.76. The molecule has 0 saturated heterocycles. The van der Waals surface area contributed by atoms with Gasteiger partial charge in [0.05, 0.1) is 12.1 Å². The normalized spacial score (nSPS) is 20.5. The molecule has 0 bridgehead atoms. The fourth-order valence-corrected chi connectivity index (χ4v) is 1.82. The second-order valence-corrected chi connectivity index (χ2v) is 4.48. The van der Waals surface area contributed by atoms with Crippen LogP contribution in [0.1, 0.15) is 54.9 Å². The zero-order valence-corrected chi connectivity index (χ0v) is 8.40. The largest absolute Gasteiger partial charge is 0.481 e. The second kappa shape index (κ2) is 3.08. The molecule has 3 rings (SSSR count). The summed E-state index contributed by atoms with van der Waals surface area (Å²) >= 11 is 0. The van der Waals surface area contributed by atoms with E-state index in [-0.39, 0.29) is 6.42 Å². The van der Waals surface area contributed by atoms with Crippen molar-refractivity contribution in [3.8, 4) is 0 Å². The van der Waals surface area contributed by atoms with Crippen LogP contribution in [0.5, 0.6) is 0 Å². The van der Waals surface area contributed by atoms with Crippen molar-refractivity contribution in [3.63, 3.8) is 0 Å². The van der Waals surface area contributed by atoms with E-state index in [1.54, 1.807) is 0 Å². The molecule has 2 aliphatic rings. The summed E-state index contributed by atoms with van der Waals surface area (Å²) < 4.78 is 5.69. The first-order valence-corrected chi connectivity index (χ1v) is 5.45. The molecule has 1 heterocycles. The molecule has 2 fully saturated rings. The van der Waals surface area contributed by atoms with Crippen LogP contribution < -0.4 is 0 Å². The predicted molar refractivity (Wildman–Crippen MR) is 51.8 cm³/mol. The van der Waals surface area contributed by atoms with Gasteiger partial charge in [-0.05, 0) is 25.7 Å². The third-order valence-corrected chi connectivity index (χ3v) is 2.94. The summed E-state index contributed by atoms with van der Waals surface area (Å²) in [5, 5.41) is 8.78. The molecular weight excluding hydrogens is 194 g/mol. The van der Waals surface area contributed by atoms with Gasteiger partial charge < -0.3 is 9.52 Å². The van der Waals surface area contributed by atoms with E-state index in [2.05, 4.69) is 4.98 Å². The number of rotatable bonds is 4. The van der Waals surface area contributed by atoms with Gasteiger partial charge in [-0.25, -0.2) is 4.98 Å². The van der Waals surface area contributed by atoms with Crippen LogP contribution >= 0.6 is 0 Å². The number of aromatic nitrogens is 1. The van der Waals surface area contributed by atoms with E-state index >= 15 is 0 Å². The van der Waals surface area contributed by atoms with E-state index < -0.39 is 5.97 Å². The molecule has 1 aromatic heterocycles. The highest BCUT2D eigenvalue weighted by molar-refractivity contribution is 5.69. The number of oxazole rings is 1. The Labute approximate surface area is 87.3 Å². The number of hydrogen-bond acceptors (Lipinski definition) is 3. The predicted octanol–water partition coefficient (Wildman–Crippen LogP) is 2.06. The summed E-state index contributed by atoms with van der Waals surface area (Å²) in [6, 6.07) is 0.